The molecule has 0 atom stereocenters. The van der Waals surface area contributed by atoms with Gasteiger partial charge in [-0.25, -0.2) is 0 Å². The van der Waals surface area contributed by atoms with E-state index in [1.165, 1.54) is 12.1 Å². The molecular weight excluding hydrogens is 200 g/mol. The topological polar surface area (TPSA) is 43.1 Å². The summed E-state index contributed by atoms with van der Waals surface area (Å²) in [6.45, 7) is 0. The van der Waals surface area contributed by atoms with Gasteiger partial charge < -0.3 is 0 Å². The van der Waals surface area contributed by atoms with Crippen LogP contribution >= 0.6 is 12.4 Å². The van der Waals surface area contributed by atoms with E-state index in [1.807, 2.05) is 0 Å². The van der Waals surface area contributed by atoms with Crippen molar-refractivity contribution in [1.29, 1.82) is 0 Å². The zero-order chi connectivity index (χ0) is 9.19. The summed E-state index contributed by atoms with van der Waals surface area (Å²) in [5, 5.41) is 0. The first-order valence-electron chi connectivity index (χ1n) is 3.26. The van der Waals surface area contributed by atoms with Crippen molar-refractivity contribution in [2.75, 3.05) is 0 Å². The van der Waals surface area contributed by atoms with Gasteiger partial charge in [-0.15, -0.1) is 12.4 Å². The van der Waals surface area contributed by atoms with Crippen LogP contribution in [0.4, 0.5) is 8.78 Å². The molecule has 0 fully saturated rings. The van der Waals surface area contributed by atoms with Crippen molar-refractivity contribution < 1.29 is 13.6 Å². The largest absolute Gasteiger partial charge is 0.326 e. The summed E-state index contributed by atoms with van der Waals surface area (Å²) in [5.41, 5.74) is 4.58. The minimum Gasteiger partial charge on any atom is -0.298 e. The molecular formula is C8H8ClF2NO. The van der Waals surface area contributed by atoms with Crippen molar-refractivity contribution in [3.05, 3.63) is 35.4 Å². The Balaban J connectivity index is 0.00000144. The summed E-state index contributed by atoms with van der Waals surface area (Å²) in [6, 6.07) is 1.51. The number of aldehydes is 1. The van der Waals surface area contributed by atoms with Crippen molar-refractivity contribution in [2.24, 2.45) is 5.73 Å². The lowest BCUT2D eigenvalue weighted by Gasteiger charge is -2.09. The molecule has 5 heteroatoms. The monoisotopic (exact) mass is 207 g/mol. The molecule has 0 aliphatic heterocycles. The lowest BCUT2D eigenvalue weighted by atomic mass is 10.1. The second-order valence-electron chi connectivity index (χ2n) is 2.36. The molecule has 1 aromatic carbocycles. The standard InChI is InChI=1S/C8H7F2NO.ClH/c9-8(10,11)7-3-1-6(5-12)2-4-7;/h1-5H,11H2;1H. The molecule has 13 heavy (non-hydrogen) atoms. The molecule has 0 bridgehead atoms. The predicted octanol–water partition coefficient (Wildman–Crippen LogP) is 1.93. The van der Waals surface area contributed by atoms with Gasteiger partial charge in [0.05, 0.1) is 0 Å². The average Bonchev–Trinajstić information content (AvgIpc) is 2.03. The zero-order valence-corrected chi connectivity index (χ0v) is 7.35. The number of rotatable bonds is 2. The molecule has 2 N–H and O–H groups in total. The normalized spacial score (nSPS) is 10.4. The van der Waals surface area contributed by atoms with E-state index < -0.39 is 6.05 Å². The van der Waals surface area contributed by atoms with Crippen molar-refractivity contribution in [1.82, 2.24) is 0 Å². The summed E-state index contributed by atoms with van der Waals surface area (Å²) in [7, 11) is 0. The fraction of sp³-hybridized carbons (Fsp3) is 0.125. The van der Waals surface area contributed by atoms with Crippen LogP contribution < -0.4 is 5.73 Å². The number of carbonyl (C=O) groups is 1. The number of nitrogens with two attached hydrogens (primary N) is 1. The average molecular weight is 208 g/mol. The van der Waals surface area contributed by atoms with Crippen LogP contribution in [0.5, 0.6) is 0 Å². The van der Waals surface area contributed by atoms with E-state index >= 15 is 0 Å². The number of carbonyl (C=O) groups excluding carboxylic acids is 1. The van der Waals surface area contributed by atoms with Crippen LogP contribution in [0.3, 0.4) is 0 Å². The van der Waals surface area contributed by atoms with E-state index in [9.17, 15) is 13.6 Å². The van der Waals surface area contributed by atoms with Gasteiger partial charge in [0.1, 0.15) is 6.29 Å². The molecule has 0 heterocycles. The number of alkyl halides is 2. The van der Waals surface area contributed by atoms with Gasteiger partial charge >= 0.3 is 6.05 Å². The van der Waals surface area contributed by atoms with E-state index in [2.05, 4.69) is 5.73 Å². The first-order valence-corrected chi connectivity index (χ1v) is 3.26. The van der Waals surface area contributed by atoms with E-state index in [-0.39, 0.29) is 18.0 Å². The summed E-state index contributed by atoms with van der Waals surface area (Å²) in [4.78, 5) is 10.1. The smallest absolute Gasteiger partial charge is 0.298 e. The van der Waals surface area contributed by atoms with Gasteiger partial charge in [-0.1, -0.05) is 24.3 Å². The second kappa shape index (κ2) is 4.30. The molecule has 1 rings (SSSR count). The highest BCUT2D eigenvalue weighted by atomic mass is 35.5. The molecule has 1 aromatic rings. The summed E-state index contributed by atoms with van der Waals surface area (Å²) < 4.78 is 24.8. The number of hydrogen-bond acceptors (Lipinski definition) is 2. The Labute approximate surface area is 80.1 Å². The third-order valence-corrected chi connectivity index (χ3v) is 1.43. The van der Waals surface area contributed by atoms with Gasteiger partial charge in [0, 0.05) is 11.1 Å². The van der Waals surface area contributed by atoms with E-state index in [4.69, 9.17) is 0 Å². The van der Waals surface area contributed by atoms with Crippen LogP contribution in [0.1, 0.15) is 15.9 Å². The second-order valence-corrected chi connectivity index (χ2v) is 2.36. The van der Waals surface area contributed by atoms with Gasteiger partial charge in [-0.05, 0) is 0 Å². The molecule has 0 amide bonds. The van der Waals surface area contributed by atoms with Gasteiger partial charge in [0.2, 0.25) is 0 Å². The zero-order valence-electron chi connectivity index (χ0n) is 6.54. The number of benzene rings is 1. The van der Waals surface area contributed by atoms with Crippen molar-refractivity contribution in [3.8, 4) is 0 Å². The Bertz CT molecular complexity index is 281. The van der Waals surface area contributed by atoms with Crippen molar-refractivity contribution >= 4 is 18.7 Å². The molecule has 0 saturated carbocycles. The third kappa shape index (κ3) is 3.08. The first-order chi connectivity index (χ1) is 5.54. The predicted molar refractivity (Wildman–Crippen MR) is 47.2 cm³/mol. The maximum atomic E-state index is 12.4. The number of halogens is 3. The van der Waals surface area contributed by atoms with E-state index in [0.29, 0.717) is 11.8 Å². The van der Waals surface area contributed by atoms with Crippen LogP contribution in [0.25, 0.3) is 0 Å². The van der Waals surface area contributed by atoms with Crippen LogP contribution in [-0.4, -0.2) is 6.29 Å². The van der Waals surface area contributed by atoms with E-state index in [1.54, 1.807) is 0 Å². The Kier molecular flexibility index (Phi) is 3.97. The van der Waals surface area contributed by atoms with Crippen molar-refractivity contribution in [3.63, 3.8) is 0 Å². The summed E-state index contributed by atoms with van der Waals surface area (Å²) in [6.07, 6.45) is 0.582. The highest BCUT2D eigenvalue weighted by Crippen LogP contribution is 2.20. The maximum absolute atomic E-state index is 12.4. The van der Waals surface area contributed by atoms with Crippen molar-refractivity contribution in [2.45, 2.75) is 6.05 Å². The third-order valence-electron chi connectivity index (χ3n) is 1.43. The Morgan fingerprint density at radius 1 is 1.23 bits per heavy atom. The summed E-state index contributed by atoms with van der Waals surface area (Å²) >= 11 is 0. The molecule has 0 saturated heterocycles. The molecule has 0 radical (unpaired) electrons. The Morgan fingerprint density at radius 2 is 1.69 bits per heavy atom. The fourth-order valence-corrected chi connectivity index (χ4v) is 0.784. The van der Waals surface area contributed by atoms with Crippen LogP contribution in [0, 0.1) is 0 Å². The SMILES string of the molecule is Cl.NC(F)(F)c1ccc(C=O)cc1. The molecule has 0 aliphatic rings. The maximum Gasteiger partial charge on any atom is 0.326 e. The van der Waals surface area contributed by atoms with Gasteiger partial charge in [0.25, 0.3) is 0 Å². The van der Waals surface area contributed by atoms with Gasteiger partial charge in [-0.3, -0.25) is 10.5 Å². The lowest BCUT2D eigenvalue weighted by molar-refractivity contribution is 0.00296. The molecule has 72 valence electrons. The van der Waals surface area contributed by atoms with Crippen LogP contribution in [0.2, 0.25) is 0 Å². The summed E-state index contributed by atoms with van der Waals surface area (Å²) in [5.74, 6) is 0. The molecule has 0 aliphatic carbocycles. The first kappa shape index (κ1) is 12.0. The minimum atomic E-state index is -3.33. The van der Waals surface area contributed by atoms with Crippen LogP contribution in [0.15, 0.2) is 24.3 Å². The van der Waals surface area contributed by atoms with E-state index in [0.717, 1.165) is 12.1 Å². The van der Waals surface area contributed by atoms with Gasteiger partial charge in [0.15, 0.2) is 0 Å². The molecule has 0 spiro atoms. The molecule has 0 unspecified atom stereocenters. The highest BCUT2D eigenvalue weighted by Gasteiger charge is 2.24. The minimum absolute atomic E-state index is 0. The highest BCUT2D eigenvalue weighted by molar-refractivity contribution is 5.85. The van der Waals surface area contributed by atoms with Crippen LogP contribution in [-0.2, 0) is 6.05 Å². The quantitative estimate of drug-likeness (QED) is 0.595. The number of hydrogen-bond donors (Lipinski definition) is 1. The van der Waals surface area contributed by atoms with Gasteiger partial charge in [-0.2, -0.15) is 8.78 Å². The Hall–Kier alpha value is -1.00. The molecule has 0 aromatic heterocycles. The molecule has 2 nitrogen and oxygen atoms in total. The lowest BCUT2D eigenvalue weighted by Crippen LogP contribution is -2.24. The Morgan fingerprint density at radius 3 is 2.00 bits per heavy atom. The fourth-order valence-electron chi connectivity index (χ4n) is 0.784.